The van der Waals surface area contributed by atoms with E-state index in [9.17, 15) is 0 Å². The molecule has 2 fully saturated rings. The highest BCUT2D eigenvalue weighted by molar-refractivity contribution is 5.01. The molecule has 2 heteroatoms. The van der Waals surface area contributed by atoms with Crippen molar-refractivity contribution in [2.24, 2.45) is 0 Å². The van der Waals surface area contributed by atoms with Crippen LogP contribution >= 0.6 is 0 Å². The smallest absolute Gasteiger partial charge is 0.108 e. The van der Waals surface area contributed by atoms with Crippen molar-refractivity contribution in [2.75, 3.05) is 13.6 Å². The molecule has 2 aliphatic rings. The minimum Gasteiger partial charge on any atom is -0.356 e. The third-order valence-electron chi connectivity index (χ3n) is 2.39. The first-order valence-corrected chi connectivity index (χ1v) is 3.60. The highest BCUT2D eigenvalue weighted by atomic mass is 16.5. The first-order chi connectivity index (χ1) is 4.22. The van der Waals surface area contributed by atoms with Gasteiger partial charge in [0.25, 0.3) is 0 Å². The van der Waals surface area contributed by atoms with Crippen LogP contribution in [0.1, 0.15) is 19.8 Å². The van der Waals surface area contributed by atoms with E-state index in [1.54, 1.807) is 0 Å². The summed E-state index contributed by atoms with van der Waals surface area (Å²) in [7, 11) is 2.12. The molecule has 0 unspecified atom stereocenters. The molecule has 1 saturated heterocycles. The maximum atomic E-state index is 5.70. The molecule has 9 heavy (non-hydrogen) atoms. The molecule has 52 valence electrons. The standard InChI is InChI=1S/C7H13NO/c1-6-8(2)5-7(9-6)3-4-7/h6H,3-5H2,1-2H3/t6-/m0/s1. The Kier molecular flexibility index (Phi) is 0.945. The third kappa shape index (κ3) is 0.775. The molecule has 1 saturated carbocycles. The van der Waals surface area contributed by atoms with E-state index in [2.05, 4.69) is 18.9 Å². The van der Waals surface area contributed by atoms with E-state index in [0.717, 1.165) is 6.54 Å². The summed E-state index contributed by atoms with van der Waals surface area (Å²) >= 11 is 0. The second-order valence-electron chi connectivity index (χ2n) is 3.32. The third-order valence-corrected chi connectivity index (χ3v) is 2.39. The Labute approximate surface area is 55.8 Å². The molecule has 1 atom stereocenters. The Bertz CT molecular complexity index is 119. The first kappa shape index (κ1) is 5.69. The molecule has 0 aromatic rings. The van der Waals surface area contributed by atoms with Crippen LogP contribution in [0.15, 0.2) is 0 Å². The van der Waals surface area contributed by atoms with E-state index in [-0.39, 0.29) is 0 Å². The van der Waals surface area contributed by atoms with Crippen molar-refractivity contribution in [2.45, 2.75) is 31.6 Å². The van der Waals surface area contributed by atoms with Gasteiger partial charge in [-0.05, 0) is 26.8 Å². The van der Waals surface area contributed by atoms with Crippen LogP contribution in [0.3, 0.4) is 0 Å². The summed E-state index contributed by atoms with van der Waals surface area (Å²) in [5.74, 6) is 0. The zero-order valence-corrected chi connectivity index (χ0v) is 6.05. The fraction of sp³-hybridized carbons (Fsp3) is 1.00. The minimum atomic E-state index is 0.314. The first-order valence-electron chi connectivity index (χ1n) is 3.60. The molecular formula is C7H13NO. The Hall–Kier alpha value is -0.0800. The van der Waals surface area contributed by atoms with Gasteiger partial charge in [-0.25, -0.2) is 0 Å². The van der Waals surface area contributed by atoms with Gasteiger partial charge in [0.15, 0.2) is 0 Å². The number of hydrogen-bond acceptors (Lipinski definition) is 2. The van der Waals surface area contributed by atoms with E-state index < -0.39 is 0 Å². The van der Waals surface area contributed by atoms with Gasteiger partial charge >= 0.3 is 0 Å². The summed E-state index contributed by atoms with van der Waals surface area (Å²) in [5, 5.41) is 0. The second kappa shape index (κ2) is 1.50. The van der Waals surface area contributed by atoms with Gasteiger partial charge in [-0.2, -0.15) is 0 Å². The summed E-state index contributed by atoms with van der Waals surface area (Å²) < 4.78 is 5.70. The second-order valence-corrected chi connectivity index (χ2v) is 3.32. The topological polar surface area (TPSA) is 12.5 Å². The van der Waals surface area contributed by atoms with Crippen molar-refractivity contribution < 1.29 is 4.74 Å². The molecule has 0 N–H and O–H groups in total. The van der Waals surface area contributed by atoms with Crippen molar-refractivity contribution in [1.82, 2.24) is 4.90 Å². The zero-order chi connectivity index (χ0) is 6.48. The Morgan fingerprint density at radius 3 is 2.44 bits per heavy atom. The molecule has 0 aromatic heterocycles. The van der Waals surface area contributed by atoms with Gasteiger partial charge in [0.1, 0.15) is 6.23 Å². The normalized spacial score (nSPS) is 40.0. The summed E-state index contributed by atoms with van der Waals surface area (Å²) in [4.78, 5) is 2.27. The lowest BCUT2D eigenvalue weighted by Gasteiger charge is -2.10. The van der Waals surface area contributed by atoms with Crippen molar-refractivity contribution in [3.8, 4) is 0 Å². The molecule has 2 nitrogen and oxygen atoms in total. The van der Waals surface area contributed by atoms with Crippen LogP contribution in [0.2, 0.25) is 0 Å². The predicted octanol–water partition coefficient (Wildman–Crippen LogP) is 0.827. The fourth-order valence-electron chi connectivity index (χ4n) is 1.49. The highest BCUT2D eigenvalue weighted by Gasteiger charge is 2.51. The minimum absolute atomic E-state index is 0.314. The molecule has 1 aliphatic carbocycles. The lowest BCUT2D eigenvalue weighted by Crippen LogP contribution is -2.22. The van der Waals surface area contributed by atoms with E-state index in [1.807, 2.05) is 0 Å². The molecule has 2 rings (SSSR count). The quantitative estimate of drug-likeness (QED) is 0.478. The predicted molar refractivity (Wildman–Crippen MR) is 35.1 cm³/mol. The van der Waals surface area contributed by atoms with Gasteiger partial charge < -0.3 is 4.74 Å². The van der Waals surface area contributed by atoms with Crippen LogP contribution in [-0.2, 0) is 4.74 Å². The lowest BCUT2D eigenvalue weighted by atomic mass is 10.3. The summed E-state index contributed by atoms with van der Waals surface area (Å²) in [6, 6.07) is 0. The van der Waals surface area contributed by atoms with E-state index in [1.165, 1.54) is 12.8 Å². The van der Waals surface area contributed by atoms with Crippen LogP contribution in [0.25, 0.3) is 0 Å². The zero-order valence-electron chi connectivity index (χ0n) is 6.05. The average molecular weight is 127 g/mol. The SMILES string of the molecule is C[C@@H]1OC2(CC2)CN1C. The maximum absolute atomic E-state index is 5.70. The van der Waals surface area contributed by atoms with Crippen LogP contribution in [-0.4, -0.2) is 30.3 Å². The van der Waals surface area contributed by atoms with Crippen LogP contribution in [0, 0.1) is 0 Å². The van der Waals surface area contributed by atoms with Gasteiger partial charge in [0.05, 0.1) is 5.60 Å². The van der Waals surface area contributed by atoms with Crippen LogP contribution in [0.5, 0.6) is 0 Å². The largest absolute Gasteiger partial charge is 0.356 e. The van der Waals surface area contributed by atoms with E-state index in [4.69, 9.17) is 4.74 Å². The van der Waals surface area contributed by atoms with Gasteiger partial charge in [-0.3, -0.25) is 4.90 Å². The van der Waals surface area contributed by atoms with Gasteiger partial charge in [-0.1, -0.05) is 0 Å². The van der Waals surface area contributed by atoms with Gasteiger partial charge in [0.2, 0.25) is 0 Å². The van der Waals surface area contributed by atoms with Crippen molar-refractivity contribution in [1.29, 1.82) is 0 Å². The summed E-state index contributed by atoms with van der Waals surface area (Å²) in [6.45, 7) is 3.27. The molecule has 0 bridgehead atoms. The molecule has 1 heterocycles. The van der Waals surface area contributed by atoms with Gasteiger partial charge in [-0.15, -0.1) is 0 Å². The fourth-order valence-corrected chi connectivity index (χ4v) is 1.49. The molecule has 1 aliphatic heterocycles. The number of nitrogens with zero attached hydrogens (tertiary/aromatic N) is 1. The van der Waals surface area contributed by atoms with Crippen LogP contribution in [0.4, 0.5) is 0 Å². The summed E-state index contributed by atoms with van der Waals surface area (Å²) in [6.07, 6.45) is 2.91. The van der Waals surface area contributed by atoms with Crippen molar-refractivity contribution in [3.63, 3.8) is 0 Å². The molecule has 0 aromatic carbocycles. The Balaban J connectivity index is 2.06. The number of hydrogen-bond donors (Lipinski definition) is 0. The molecular weight excluding hydrogens is 114 g/mol. The lowest BCUT2D eigenvalue weighted by molar-refractivity contribution is 0.00935. The number of likely N-dealkylation sites (N-methyl/N-ethyl adjacent to an activating group) is 1. The molecule has 0 radical (unpaired) electrons. The number of ether oxygens (including phenoxy) is 1. The van der Waals surface area contributed by atoms with Crippen molar-refractivity contribution in [3.05, 3.63) is 0 Å². The highest BCUT2D eigenvalue weighted by Crippen LogP contribution is 2.45. The van der Waals surface area contributed by atoms with Crippen molar-refractivity contribution >= 4 is 0 Å². The average Bonchev–Trinajstić information content (AvgIpc) is 2.42. The van der Waals surface area contributed by atoms with E-state index >= 15 is 0 Å². The monoisotopic (exact) mass is 127 g/mol. The Morgan fingerprint density at radius 1 is 1.56 bits per heavy atom. The Morgan fingerprint density at radius 2 is 2.22 bits per heavy atom. The molecule has 1 spiro atoms. The number of rotatable bonds is 0. The maximum Gasteiger partial charge on any atom is 0.108 e. The van der Waals surface area contributed by atoms with E-state index in [0.29, 0.717) is 11.8 Å². The summed E-state index contributed by atoms with van der Waals surface area (Å²) in [5.41, 5.74) is 0.314. The van der Waals surface area contributed by atoms with Crippen LogP contribution < -0.4 is 0 Å². The molecule has 0 amide bonds. The van der Waals surface area contributed by atoms with Gasteiger partial charge in [0, 0.05) is 6.54 Å².